The number of amides is 1. The molecule has 11 heteroatoms. The van der Waals surface area contributed by atoms with Crippen LogP contribution in [0.5, 0.6) is 5.75 Å². The molecule has 7 rings (SSSR count). The molecule has 49 heavy (non-hydrogen) atoms. The van der Waals surface area contributed by atoms with Crippen LogP contribution >= 0.6 is 0 Å². The molecular weight excluding hydrogens is 625 g/mol. The summed E-state index contributed by atoms with van der Waals surface area (Å²) < 4.78 is 26.2. The van der Waals surface area contributed by atoms with Crippen molar-refractivity contribution in [2.75, 3.05) is 13.7 Å². The number of rotatable bonds is 8. The van der Waals surface area contributed by atoms with Gasteiger partial charge in [0.15, 0.2) is 12.3 Å². The first-order chi connectivity index (χ1) is 23.7. The number of halogens is 1. The average Bonchev–Trinajstić information content (AvgIpc) is 3.83. The van der Waals surface area contributed by atoms with E-state index in [0.29, 0.717) is 33.8 Å². The first kappa shape index (κ1) is 31.5. The summed E-state index contributed by atoms with van der Waals surface area (Å²) in [6.07, 6.45) is 0.565. The molecule has 1 aliphatic heterocycles. The quantitative estimate of drug-likeness (QED) is 0.186. The number of esters is 1. The van der Waals surface area contributed by atoms with Crippen molar-refractivity contribution in [1.29, 1.82) is 0 Å². The van der Waals surface area contributed by atoms with E-state index in [1.807, 2.05) is 56.3 Å². The second-order valence-corrected chi connectivity index (χ2v) is 11.8. The van der Waals surface area contributed by atoms with E-state index in [0.717, 1.165) is 32.7 Å². The second kappa shape index (κ2) is 12.9. The van der Waals surface area contributed by atoms with Gasteiger partial charge in [0.2, 0.25) is 0 Å². The number of H-pyrrole nitrogens is 1. The lowest BCUT2D eigenvalue weighted by molar-refractivity contribution is -0.137. The van der Waals surface area contributed by atoms with E-state index in [4.69, 9.17) is 9.47 Å². The molecule has 0 fully saturated rings. The highest BCUT2D eigenvalue weighted by molar-refractivity contribution is 6.14. The molecule has 2 N–H and O–H groups in total. The maximum Gasteiger partial charge on any atom is 0.359 e. The smallest absolute Gasteiger partial charge is 0.359 e. The van der Waals surface area contributed by atoms with Gasteiger partial charge in [-0.05, 0) is 79.6 Å². The predicted molar refractivity (Wildman–Crippen MR) is 182 cm³/mol. The number of ether oxygens (including phenoxy) is 2. The Morgan fingerprint density at radius 2 is 1.71 bits per heavy atom. The van der Waals surface area contributed by atoms with Gasteiger partial charge >= 0.3 is 5.97 Å². The van der Waals surface area contributed by atoms with Crippen LogP contribution in [0.25, 0.3) is 27.8 Å². The third kappa shape index (κ3) is 5.96. The van der Waals surface area contributed by atoms with E-state index in [2.05, 4.69) is 15.2 Å². The fourth-order valence-electron chi connectivity index (χ4n) is 6.15. The van der Waals surface area contributed by atoms with Crippen LogP contribution in [0.15, 0.2) is 108 Å². The zero-order chi connectivity index (χ0) is 34.2. The summed E-state index contributed by atoms with van der Waals surface area (Å²) in [6.45, 7) is 3.25. The molecule has 0 spiro atoms. The molecule has 0 bridgehead atoms. The van der Waals surface area contributed by atoms with Crippen LogP contribution in [-0.4, -0.2) is 62.3 Å². The molecule has 3 heterocycles. The first-order valence-electron chi connectivity index (χ1n) is 15.6. The van der Waals surface area contributed by atoms with Crippen LogP contribution in [0.3, 0.4) is 0 Å². The SMILES string of the molecule is COc1ccc(C2C(O)C(c3c[nH]c4ccccc34)=NN2C(=O)COC(=O)c2cc(-c3ccc(F)cc3)n(-c3ccc(C)cc3C)n2)cc1. The normalized spacial score (nSPS) is 15.8. The number of aliphatic hydroxyl groups is 1. The number of aromatic amines is 1. The minimum absolute atomic E-state index is 0.0387. The van der Waals surface area contributed by atoms with E-state index >= 15 is 0 Å². The number of carbonyl (C=O) groups excluding carboxylic acids is 2. The Hall–Kier alpha value is -6.07. The Bertz CT molecular complexity index is 2220. The number of hydrazone groups is 1. The summed E-state index contributed by atoms with van der Waals surface area (Å²) in [7, 11) is 1.55. The predicted octanol–water partition coefficient (Wildman–Crippen LogP) is 6.29. The maximum atomic E-state index is 13.8. The maximum absolute atomic E-state index is 13.8. The third-order valence-corrected chi connectivity index (χ3v) is 8.60. The number of nitrogens with zero attached hydrogens (tertiary/aromatic N) is 4. The zero-order valence-electron chi connectivity index (χ0n) is 26.9. The van der Waals surface area contributed by atoms with Crippen LogP contribution in [0.4, 0.5) is 4.39 Å². The zero-order valence-corrected chi connectivity index (χ0v) is 26.9. The molecule has 2 atom stereocenters. The lowest BCUT2D eigenvalue weighted by atomic mass is 9.95. The van der Waals surface area contributed by atoms with Crippen LogP contribution in [0.2, 0.25) is 0 Å². The molecule has 1 amide bonds. The number of nitrogens with one attached hydrogen (secondary N) is 1. The topological polar surface area (TPSA) is 122 Å². The van der Waals surface area contributed by atoms with Gasteiger partial charge in [-0.3, -0.25) is 4.79 Å². The van der Waals surface area contributed by atoms with E-state index in [1.165, 1.54) is 12.1 Å². The van der Waals surface area contributed by atoms with Gasteiger partial charge < -0.3 is 19.6 Å². The van der Waals surface area contributed by atoms with Crippen molar-refractivity contribution in [3.05, 3.63) is 137 Å². The summed E-state index contributed by atoms with van der Waals surface area (Å²) in [5.74, 6) is -1.26. The molecule has 2 aromatic heterocycles. The Balaban J connectivity index is 1.18. The number of aromatic nitrogens is 3. The fraction of sp³-hybridized carbons (Fsp3) is 0.158. The van der Waals surface area contributed by atoms with Gasteiger partial charge in [0.05, 0.1) is 18.5 Å². The van der Waals surface area contributed by atoms with Crippen molar-refractivity contribution in [1.82, 2.24) is 19.8 Å². The van der Waals surface area contributed by atoms with Crippen LogP contribution in [-0.2, 0) is 9.53 Å². The van der Waals surface area contributed by atoms with Crippen LogP contribution < -0.4 is 4.74 Å². The number of hydrogen-bond acceptors (Lipinski definition) is 7. The average molecular weight is 658 g/mol. The molecule has 0 radical (unpaired) electrons. The Morgan fingerprint density at radius 1 is 0.959 bits per heavy atom. The summed E-state index contributed by atoms with van der Waals surface area (Å²) in [6, 6.07) is 26.9. The number of fused-ring (bicyclic) bond motifs is 1. The summed E-state index contributed by atoms with van der Waals surface area (Å²) in [5.41, 5.74) is 6.27. The number of methoxy groups -OCH3 is 1. The molecule has 6 aromatic rings. The van der Waals surface area contributed by atoms with Crippen LogP contribution in [0.1, 0.15) is 38.8 Å². The molecule has 4 aromatic carbocycles. The van der Waals surface area contributed by atoms with Crippen molar-refractivity contribution in [2.24, 2.45) is 5.10 Å². The van der Waals surface area contributed by atoms with Crippen molar-refractivity contribution >= 4 is 28.5 Å². The standard InChI is InChI=1S/C38H32FN5O5/c1-22-8-17-32(23(2)18-22)43-33(24-9-13-26(39)14-10-24)19-31(41-43)38(47)49-21-34(45)44-36(25-11-15-27(48-3)16-12-25)37(46)35(42-44)29-20-40-30-7-5-4-6-28(29)30/h4-20,36-37,40,46H,21H2,1-3H3. The van der Waals surface area contributed by atoms with Gasteiger partial charge in [0.1, 0.15) is 29.4 Å². The van der Waals surface area contributed by atoms with E-state index in [9.17, 15) is 19.1 Å². The third-order valence-electron chi connectivity index (χ3n) is 8.60. The minimum Gasteiger partial charge on any atom is -0.497 e. The largest absolute Gasteiger partial charge is 0.497 e. The monoisotopic (exact) mass is 657 g/mol. The van der Waals surface area contributed by atoms with E-state index in [-0.39, 0.29) is 5.69 Å². The highest BCUT2D eigenvalue weighted by atomic mass is 19.1. The lowest BCUT2D eigenvalue weighted by Crippen LogP contribution is -2.36. The number of para-hydroxylation sites is 1. The molecule has 10 nitrogen and oxygen atoms in total. The van der Waals surface area contributed by atoms with Gasteiger partial charge in [-0.2, -0.15) is 10.2 Å². The molecule has 246 valence electrons. The highest BCUT2D eigenvalue weighted by Gasteiger charge is 2.42. The molecule has 0 aliphatic carbocycles. The van der Waals surface area contributed by atoms with Gasteiger partial charge in [0, 0.05) is 28.2 Å². The molecule has 0 saturated heterocycles. The van der Waals surface area contributed by atoms with Gasteiger partial charge in [-0.1, -0.05) is 48.0 Å². The van der Waals surface area contributed by atoms with Gasteiger partial charge in [-0.15, -0.1) is 0 Å². The van der Waals surface area contributed by atoms with Crippen molar-refractivity contribution < 1.29 is 28.6 Å². The number of hydrogen-bond donors (Lipinski definition) is 2. The lowest BCUT2D eigenvalue weighted by Gasteiger charge is -2.24. The van der Waals surface area contributed by atoms with Crippen LogP contribution in [0, 0.1) is 19.7 Å². The number of carbonyl (C=O) groups is 2. The first-order valence-corrected chi connectivity index (χ1v) is 15.6. The highest BCUT2D eigenvalue weighted by Crippen LogP contribution is 2.36. The number of aryl methyl sites for hydroxylation is 2. The Morgan fingerprint density at radius 3 is 2.45 bits per heavy atom. The molecule has 2 unspecified atom stereocenters. The van der Waals surface area contributed by atoms with Crippen molar-refractivity contribution in [3.63, 3.8) is 0 Å². The Kier molecular flexibility index (Phi) is 8.27. The fourth-order valence-corrected chi connectivity index (χ4v) is 6.15. The van der Waals surface area contributed by atoms with Gasteiger partial charge in [-0.25, -0.2) is 18.9 Å². The molecule has 0 saturated carbocycles. The van der Waals surface area contributed by atoms with Gasteiger partial charge in [0.25, 0.3) is 5.91 Å². The Labute approximate surface area is 281 Å². The molecular formula is C38H32FN5O5. The van der Waals surface area contributed by atoms with E-state index < -0.39 is 36.4 Å². The summed E-state index contributed by atoms with van der Waals surface area (Å²) in [4.78, 5) is 30.4. The van der Waals surface area contributed by atoms with Crippen molar-refractivity contribution in [3.8, 4) is 22.7 Å². The second-order valence-electron chi connectivity index (χ2n) is 11.8. The number of benzene rings is 4. The summed E-state index contributed by atoms with van der Waals surface area (Å²) >= 11 is 0. The molecule has 1 aliphatic rings. The van der Waals surface area contributed by atoms with E-state index in [1.54, 1.807) is 60.5 Å². The summed E-state index contributed by atoms with van der Waals surface area (Å²) in [5, 5.41) is 22.8. The number of aliphatic hydroxyl groups excluding tert-OH is 1. The van der Waals surface area contributed by atoms with Crippen molar-refractivity contribution in [2.45, 2.75) is 26.0 Å². The minimum atomic E-state index is -1.18.